The molecule has 3 aromatic rings. The molecule has 21 heavy (non-hydrogen) atoms. The Morgan fingerprint density at radius 1 is 1.33 bits per heavy atom. The Kier molecular flexibility index (Phi) is 3.79. The molecule has 0 radical (unpaired) electrons. The second kappa shape index (κ2) is 5.73. The smallest absolute Gasteiger partial charge is 0.152 e. The molecule has 0 unspecified atom stereocenters. The Morgan fingerprint density at radius 3 is 2.86 bits per heavy atom. The highest BCUT2D eigenvalue weighted by Gasteiger charge is 2.11. The molecule has 6 nitrogen and oxygen atoms in total. The standard InChI is InChI=1S/C14H16ClN5O/c1-19-9-16-13(18-19)5-6-20-12-7-10(21-2)3-4-11(12)17-14(20)8-15/h3-4,7,9H,5-6,8H2,1-2H3. The predicted molar refractivity (Wildman–Crippen MR) is 80.5 cm³/mol. The minimum atomic E-state index is 0.368. The molecule has 0 atom stereocenters. The van der Waals surface area contributed by atoms with E-state index in [0.29, 0.717) is 5.88 Å². The first-order valence-electron chi connectivity index (χ1n) is 6.65. The molecule has 110 valence electrons. The average Bonchev–Trinajstić information content (AvgIpc) is 3.07. The van der Waals surface area contributed by atoms with Crippen LogP contribution in [0.1, 0.15) is 11.6 Å². The van der Waals surface area contributed by atoms with Crippen LogP contribution >= 0.6 is 11.6 Å². The molecule has 7 heteroatoms. The van der Waals surface area contributed by atoms with Crippen LogP contribution in [-0.4, -0.2) is 31.4 Å². The lowest BCUT2D eigenvalue weighted by molar-refractivity contribution is 0.415. The summed E-state index contributed by atoms with van der Waals surface area (Å²) in [6.45, 7) is 0.732. The summed E-state index contributed by atoms with van der Waals surface area (Å²) in [4.78, 5) is 8.80. The van der Waals surface area contributed by atoms with Crippen LogP contribution in [0, 0.1) is 0 Å². The number of imidazole rings is 1. The second-order valence-corrected chi connectivity index (χ2v) is 5.02. The number of halogens is 1. The molecule has 3 rings (SSSR count). The highest BCUT2D eigenvalue weighted by atomic mass is 35.5. The number of fused-ring (bicyclic) bond motifs is 1. The van der Waals surface area contributed by atoms with Crippen molar-refractivity contribution >= 4 is 22.6 Å². The Morgan fingerprint density at radius 2 is 2.19 bits per heavy atom. The molecule has 0 fully saturated rings. The topological polar surface area (TPSA) is 57.8 Å². The van der Waals surface area contributed by atoms with E-state index in [1.54, 1.807) is 18.1 Å². The summed E-state index contributed by atoms with van der Waals surface area (Å²) in [6.07, 6.45) is 2.43. The lowest BCUT2D eigenvalue weighted by Crippen LogP contribution is -2.06. The van der Waals surface area contributed by atoms with Crippen molar-refractivity contribution in [2.45, 2.75) is 18.8 Å². The van der Waals surface area contributed by atoms with Gasteiger partial charge in [-0.3, -0.25) is 4.68 Å². The third kappa shape index (κ3) is 2.71. The second-order valence-electron chi connectivity index (χ2n) is 4.75. The monoisotopic (exact) mass is 305 g/mol. The van der Waals surface area contributed by atoms with Crippen molar-refractivity contribution in [2.24, 2.45) is 7.05 Å². The van der Waals surface area contributed by atoms with Gasteiger partial charge < -0.3 is 9.30 Å². The summed E-state index contributed by atoms with van der Waals surface area (Å²) in [5.41, 5.74) is 1.93. The number of aromatic nitrogens is 5. The number of methoxy groups -OCH3 is 1. The molecule has 1 aromatic carbocycles. The third-order valence-corrected chi connectivity index (χ3v) is 3.60. The van der Waals surface area contributed by atoms with E-state index in [4.69, 9.17) is 16.3 Å². The Balaban J connectivity index is 1.94. The van der Waals surface area contributed by atoms with E-state index in [2.05, 4.69) is 19.6 Å². The summed E-state index contributed by atoms with van der Waals surface area (Å²) in [5.74, 6) is 2.83. The quantitative estimate of drug-likeness (QED) is 0.678. The highest BCUT2D eigenvalue weighted by Crippen LogP contribution is 2.23. The summed E-state index contributed by atoms with van der Waals surface area (Å²) in [7, 11) is 3.51. The molecule has 0 aliphatic carbocycles. The van der Waals surface area contributed by atoms with Gasteiger partial charge in [0, 0.05) is 26.1 Å². The Bertz CT molecular complexity index is 764. The first-order valence-corrected chi connectivity index (χ1v) is 7.18. The largest absolute Gasteiger partial charge is 0.497 e. The first-order chi connectivity index (χ1) is 10.2. The number of alkyl halides is 1. The minimum absolute atomic E-state index is 0.368. The maximum Gasteiger partial charge on any atom is 0.152 e. The van der Waals surface area contributed by atoms with Gasteiger partial charge in [-0.05, 0) is 12.1 Å². The molecule has 0 spiro atoms. The molecule has 0 amide bonds. The molecular weight excluding hydrogens is 290 g/mol. The van der Waals surface area contributed by atoms with Crippen molar-refractivity contribution in [3.05, 3.63) is 36.2 Å². The molecule has 2 aromatic heterocycles. The van der Waals surface area contributed by atoms with E-state index in [0.717, 1.165) is 41.4 Å². The zero-order valence-electron chi connectivity index (χ0n) is 12.0. The summed E-state index contributed by atoms with van der Waals surface area (Å²) < 4.78 is 9.08. The number of hydrogen-bond acceptors (Lipinski definition) is 4. The van der Waals surface area contributed by atoms with Crippen molar-refractivity contribution < 1.29 is 4.74 Å². The first kappa shape index (κ1) is 13.9. The number of ether oxygens (including phenoxy) is 1. The normalized spacial score (nSPS) is 11.2. The van der Waals surface area contributed by atoms with Crippen LogP contribution in [-0.2, 0) is 25.9 Å². The van der Waals surface area contributed by atoms with E-state index < -0.39 is 0 Å². The molecule has 0 bridgehead atoms. The molecule has 0 aliphatic rings. The molecular formula is C14H16ClN5O. The van der Waals surface area contributed by atoms with Gasteiger partial charge in [0.15, 0.2) is 5.82 Å². The fourth-order valence-corrected chi connectivity index (χ4v) is 2.55. The van der Waals surface area contributed by atoms with E-state index >= 15 is 0 Å². The van der Waals surface area contributed by atoms with Gasteiger partial charge in [0.25, 0.3) is 0 Å². The van der Waals surface area contributed by atoms with Crippen molar-refractivity contribution in [1.82, 2.24) is 24.3 Å². The maximum absolute atomic E-state index is 6.01. The van der Waals surface area contributed by atoms with Crippen molar-refractivity contribution in [1.29, 1.82) is 0 Å². The van der Waals surface area contributed by atoms with Crippen LogP contribution in [0.5, 0.6) is 5.75 Å². The Labute approximate surface area is 127 Å². The third-order valence-electron chi connectivity index (χ3n) is 3.36. The van der Waals surface area contributed by atoms with Crippen molar-refractivity contribution in [2.75, 3.05) is 7.11 Å². The summed E-state index contributed by atoms with van der Waals surface area (Å²) in [6, 6.07) is 5.82. The average molecular weight is 306 g/mol. The van der Waals surface area contributed by atoms with Gasteiger partial charge >= 0.3 is 0 Å². The number of rotatable bonds is 5. The molecule has 0 saturated carbocycles. The van der Waals surface area contributed by atoms with Crippen LogP contribution < -0.4 is 4.74 Å². The van der Waals surface area contributed by atoms with Gasteiger partial charge in [-0.1, -0.05) is 0 Å². The van der Waals surface area contributed by atoms with E-state index in [9.17, 15) is 0 Å². The van der Waals surface area contributed by atoms with Crippen molar-refractivity contribution in [3.8, 4) is 5.75 Å². The predicted octanol–water partition coefficient (Wildman–Crippen LogP) is 2.15. The van der Waals surface area contributed by atoms with E-state index in [1.807, 2.05) is 25.2 Å². The fraction of sp³-hybridized carbons (Fsp3) is 0.357. The van der Waals surface area contributed by atoms with Gasteiger partial charge in [0.2, 0.25) is 0 Å². The van der Waals surface area contributed by atoms with Crippen LogP contribution in [0.3, 0.4) is 0 Å². The zero-order chi connectivity index (χ0) is 14.8. The van der Waals surface area contributed by atoms with E-state index in [1.165, 1.54) is 0 Å². The number of benzene rings is 1. The number of aryl methyl sites for hydroxylation is 3. The lowest BCUT2D eigenvalue weighted by Gasteiger charge is -2.07. The summed E-state index contributed by atoms with van der Waals surface area (Å²) in [5, 5.41) is 4.29. The van der Waals surface area contributed by atoms with Gasteiger partial charge in [-0.15, -0.1) is 11.6 Å². The zero-order valence-corrected chi connectivity index (χ0v) is 12.7. The van der Waals surface area contributed by atoms with Crippen LogP contribution in [0.15, 0.2) is 24.5 Å². The van der Waals surface area contributed by atoms with Gasteiger partial charge in [-0.2, -0.15) is 5.10 Å². The minimum Gasteiger partial charge on any atom is -0.497 e. The molecule has 2 heterocycles. The SMILES string of the molecule is COc1ccc2nc(CCl)n(CCc3ncn(C)n3)c2c1. The lowest BCUT2D eigenvalue weighted by atomic mass is 10.3. The van der Waals surface area contributed by atoms with Gasteiger partial charge in [-0.25, -0.2) is 9.97 Å². The Hall–Kier alpha value is -2.08. The highest BCUT2D eigenvalue weighted by molar-refractivity contribution is 6.16. The van der Waals surface area contributed by atoms with E-state index in [-0.39, 0.29) is 0 Å². The van der Waals surface area contributed by atoms with Crippen LogP contribution in [0.25, 0.3) is 11.0 Å². The number of hydrogen-bond donors (Lipinski definition) is 0. The van der Waals surface area contributed by atoms with Gasteiger partial charge in [0.05, 0.1) is 24.0 Å². The number of nitrogens with zero attached hydrogens (tertiary/aromatic N) is 5. The maximum atomic E-state index is 6.01. The van der Waals surface area contributed by atoms with Crippen LogP contribution in [0.4, 0.5) is 0 Å². The van der Waals surface area contributed by atoms with Gasteiger partial charge in [0.1, 0.15) is 17.9 Å². The summed E-state index contributed by atoms with van der Waals surface area (Å²) >= 11 is 6.01. The van der Waals surface area contributed by atoms with Crippen molar-refractivity contribution in [3.63, 3.8) is 0 Å². The molecule has 0 aliphatic heterocycles. The van der Waals surface area contributed by atoms with Crippen LogP contribution in [0.2, 0.25) is 0 Å². The fourth-order valence-electron chi connectivity index (χ4n) is 2.34. The molecule has 0 saturated heterocycles. The molecule has 0 N–H and O–H groups in total.